The van der Waals surface area contributed by atoms with Gasteiger partial charge < -0.3 is 0 Å². The van der Waals surface area contributed by atoms with Gasteiger partial charge in [0.15, 0.2) is 5.78 Å². The molecule has 0 unspecified atom stereocenters. The predicted molar refractivity (Wildman–Crippen MR) is 41.0 cm³/mol. The Morgan fingerprint density at radius 1 is 1.45 bits per heavy atom. The first kappa shape index (κ1) is 6.53. The molecule has 1 aromatic rings. The van der Waals surface area contributed by atoms with Gasteiger partial charge in [0, 0.05) is 23.9 Å². The molecule has 0 aliphatic heterocycles. The molecule has 0 bridgehead atoms. The lowest BCUT2D eigenvalue weighted by molar-refractivity contribution is 0.102. The van der Waals surface area contributed by atoms with Gasteiger partial charge in [0.2, 0.25) is 0 Å². The van der Waals surface area contributed by atoms with Gasteiger partial charge in [-0.1, -0.05) is 0 Å². The standard InChI is InChI=1S/C9H8NO/c11-9(7-3-4-7)8-2-1-5-10-6-8/h1-2,5-6H,3-4H2. The van der Waals surface area contributed by atoms with Crippen LogP contribution in [0.5, 0.6) is 0 Å². The zero-order valence-corrected chi connectivity index (χ0v) is 6.08. The predicted octanol–water partition coefficient (Wildman–Crippen LogP) is 1.63. The van der Waals surface area contributed by atoms with Crippen molar-refractivity contribution in [1.82, 2.24) is 4.98 Å². The van der Waals surface area contributed by atoms with Crippen LogP contribution in [0.1, 0.15) is 23.2 Å². The first-order chi connectivity index (χ1) is 5.38. The molecule has 1 saturated carbocycles. The molecular weight excluding hydrogens is 138 g/mol. The largest absolute Gasteiger partial charge is 0.293 e. The van der Waals surface area contributed by atoms with Gasteiger partial charge in [-0.15, -0.1) is 0 Å². The number of carbonyl (C=O) groups is 1. The zero-order valence-electron chi connectivity index (χ0n) is 6.08. The Bertz CT molecular complexity index is 264. The van der Waals surface area contributed by atoms with E-state index in [9.17, 15) is 4.79 Å². The van der Waals surface area contributed by atoms with E-state index in [-0.39, 0.29) is 5.78 Å². The highest BCUT2D eigenvalue weighted by molar-refractivity contribution is 6.08. The van der Waals surface area contributed by atoms with Gasteiger partial charge in [-0.05, 0) is 25.0 Å². The highest BCUT2D eigenvalue weighted by atomic mass is 16.1. The number of hydrogen-bond acceptors (Lipinski definition) is 2. The average molecular weight is 146 g/mol. The molecule has 1 fully saturated rings. The van der Waals surface area contributed by atoms with Crippen LogP contribution in [-0.4, -0.2) is 10.8 Å². The SMILES string of the molecule is O=C([C]1CC1)c1cccnc1. The van der Waals surface area contributed by atoms with E-state index < -0.39 is 0 Å². The van der Waals surface area contributed by atoms with Crippen LogP contribution in [0.25, 0.3) is 0 Å². The van der Waals surface area contributed by atoms with Crippen molar-refractivity contribution in [3.05, 3.63) is 36.0 Å². The second-order valence-electron chi connectivity index (χ2n) is 2.67. The van der Waals surface area contributed by atoms with Gasteiger partial charge in [-0.3, -0.25) is 9.78 Å². The number of carbonyl (C=O) groups excluding carboxylic acids is 1. The summed E-state index contributed by atoms with van der Waals surface area (Å²) in [5.41, 5.74) is 0.722. The van der Waals surface area contributed by atoms with E-state index >= 15 is 0 Å². The third-order valence-corrected chi connectivity index (χ3v) is 1.74. The summed E-state index contributed by atoms with van der Waals surface area (Å²) < 4.78 is 0. The highest BCUT2D eigenvalue weighted by Crippen LogP contribution is 2.34. The number of ketones is 1. The van der Waals surface area contributed by atoms with Crippen LogP contribution >= 0.6 is 0 Å². The molecule has 2 rings (SSSR count). The Morgan fingerprint density at radius 3 is 2.82 bits per heavy atom. The van der Waals surface area contributed by atoms with Crippen LogP contribution < -0.4 is 0 Å². The molecule has 1 aromatic heterocycles. The zero-order chi connectivity index (χ0) is 7.68. The van der Waals surface area contributed by atoms with E-state index in [4.69, 9.17) is 0 Å². The quantitative estimate of drug-likeness (QED) is 0.593. The fraction of sp³-hybridized carbons (Fsp3) is 0.222. The van der Waals surface area contributed by atoms with Crippen LogP contribution in [0, 0.1) is 5.92 Å². The molecule has 0 atom stereocenters. The van der Waals surface area contributed by atoms with Crippen LogP contribution in [0.4, 0.5) is 0 Å². The molecule has 0 saturated heterocycles. The normalized spacial score (nSPS) is 16.4. The maximum absolute atomic E-state index is 11.3. The van der Waals surface area contributed by atoms with Gasteiger partial charge in [0.1, 0.15) is 0 Å². The summed E-state index contributed by atoms with van der Waals surface area (Å²) in [5, 5.41) is 0. The molecule has 55 valence electrons. The Morgan fingerprint density at radius 2 is 2.27 bits per heavy atom. The van der Waals surface area contributed by atoms with E-state index in [0.29, 0.717) is 0 Å². The first-order valence-electron chi connectivity index (χ1n) is 3.67. The molecule has 0 spiro atoms. The van der Waals surface area contributed by atoms with Crippen molar-refractivity contribution in [1.29, 1.82) is 0 Å². The smallest absolute Gasteiger partial charge is 0.171 e. The van der Waals surface area contributed by atoms with E-state index in [1.807, 2.05) is 0 Å². The fourth-order valence-electron chi connectivity index (χ4n) is 0.991. The van der Waals surface area contributed by atoms with Crippen molar-refractivity contribution in [3.8, 4) is 0 Å². The van der Waals surface area contributed by atoms with Gasteiger partial charge in [-0.2, -0.15) is 0 Å². The van der Waals surface area contributed by atoms with Crippen molar-refractivity contribution >= 4 is 5.78 Å². The van der Waals surface area contributed by atoms with E-state index in [0.717, 1.165) is 24.3 Å². The number of aromatic nitrogens is 1. The molecule has 0 N–H and O–H groups in total. The van der Waals surface area contributed by atoms with Gasteiger partial charge >= 0.3 is 0 Å². The monoisotopic (exact) mass is 146 g/mol. The molecule has 0 aromatic carbocycles. The Labute approximate surface area is 65.3 Å². The summed E-state index contributed by atoms with van der Waals surface area (Å²) in [6, 6.07) is 3.59. The Kier molecular flexibility index (Phi) is 1.46. The van der Waals surface area contributed by atoms with Gasteiger partial charge in [-0.25, -0.2) is 0 Å². The van der Waals surface area contributed by atoms with Crippen molar-refractivity contribution in [2.45, 2.75) is 12.8 Å². The molecule has 1 aliphatic carbocycles. The van der Waals surface area contributed by atoms with Crippen molar-refractivity contribution in [2.75, 3.05) is 0 Å². The van der Waals surface area contributed by atoms with Crippen LogP contribution in [-0.2, 0) is 0 Å². The maximum atomic E-state index is 11.3. The summed E-state index contributed by atoms with van der Waals surface area (Å²) >= 11 is 0. The van der Waals surface area contributed by atoms with Gasteiger partial charge in [0.25, 0.3) is 0 Å². The summed E-state index contributed by atoms with van der Waals surface area (Å²) in [4.78, 5) is 15.2. The first-order valence-corrected chi connectivity index (χ1v) is 3.67. The molecule has 2 heteroatoms. The summed E-state index contributed by atoms with van der Waals surface area (Å²) in [5.74, 6) is 1.22. The second-order valence-corrected chi connectivity index (χ2v) is 2.67. The number of nitrogens with zero attached hydrogens (tertiary/aromatic N) is 1. The van der Waals surface area contributed by atoms with Crippen molar-refractivity contribution in [3.63, 3.8) is 0 Å². The third-order valence-electron chi connectivity index (χ3n) is 1.74. The third kappa shape index (κ3) is 1.29. The number of Topliss-reactive ketones (excluding diaryl/α,β-unsaturated/α-hetero) is 1. The second kappa shape index (κ2) is 2.46. The van der Waals surface area contributed by atoms with Crippen molar-refractivity contribution in [2.24, 2.45) is 0 Å². The topological polar surface area (TPSA) is 30.0 Å². The Hall–Kier alpha value is -1.18. The average Bonchev–Trinajstić information content (AvgIpc) is 2.87. The highest BCUT2D eigenvalue weighted by Gasteiger charge is 2.31. The minimum Gasteiger partial charge on any atom is -0.293 e. The van der Waals surface area contributed by atoms with Crippen LogP contribution in [0.2, 0.25) is 0 Å². The molecule has 1 heterocycles. The summed E-state index contributed by atoms with van der Waals surface area (Å²) in [6.07, 6.45) is 5.25. The Balaban J connectivity index is 2.22. The van der Waals surface area contributed by atoms with E-state index in [2.05, 4.69) is 4.98 Å². The summed E-state index contributed by atoms with van der Waals surface area (Å²) in [6.45, 7) is 0. The lowest BCUT2D eigenvalue weighted by Crippen LogP contribution is -1.99. The fourth-order valence-corrected chi connectivity index (χ4v) is 0.991. The van der Waals surface area contributed by atoms with Crippen molar-refractivity contribution < 1.29 is 4.79 Å². The molecule has 11 heavy (non-hydrogen) atoms. The minimum absolute atomic E-state index is 0.179. The van der Waals surface area contributed by atoms with Crippen LogP contribution in [0.15, 0.2) is 24.5 Å². The number of hydrogen-bond donors (Lipinski definition) is 0. The molecule has 1 radical (unpaired) electrons. The molecular formula is C9H8NO. The lowest BCUT2D eigenvalue weighted by atomic mass is 10.1. The van der Waals surface area contributed by atoms with E-state index in [1.54, 1.807) is 24.5 Å². The molecule has 2 nitrogen and oxygen atoms in total. The number of pyridine rings is 1. The molecule has 1 aliphatic rings. The number of rotatable bonds is 2. The van der Waals surface area contributed by atoms with Crippen LogP contribution in [0.3, 0.4) is 0 Å². The minimum atomic E-state index is 0.179. The maximum Gasteiger partial charge on any atom is 0.171 e. The lowest BCUT2D eigenvalue weighted by Gasteiger charge is -1.94. The molecule has 0 amide bonds. The van der Waals surface area contributed by atoms with E-state index in [1.165, 1.54) is 0 Å². The summed E-state index contributed by atoms with van der Waals surface area (Å²) in [7, 11) is 0. The van der Waals surface area contributed by atoms with Gasteiger partial charge in [0.05, 0.1) is 0 Å².